The average Bonchev–Trinajstić information content (AvgIpc) is 2.88. The highest BCUT2D eigenvalue weighted by Crippen LogP contribution is 2.12. The highest BCUT2D eigenvalue weighted by atomic mass is 19.1. The number of nitrogens with one attached hydrogen (secondary N) is 1. The van der Waals surface area contributed by atoms with Crippen molar-refractivity contribution in [2.75, 3.05) is 7.05 Å². The van der Waals surface area contributed by atoms with Gasteiger partial charge >= 0.3 is 0 Å². The second-order valence-corrected chi connectivity index (χ2v) is 4.30. The smallest absolute Gasteiger partial charge is 0.241 e. The zero-order chi connectivity index (χ0) is 15.2. The molecule has 0 bridgehead atoms. The molecule has 1 amide bonds. The van der Waals surface area contributed by atoms with Crippen LogP contribution in [0.4, 0.5) is 4.39 Å². The van der Waals surface area contributed by atoms with E-state index in [0.717, 1.165) is 5.56 Å². The third-order valence-corrected chi connectivity index (χ3v) is 2.87. The molecule has 0 unspecified atom stereocenters. The molecule has 0 aliphatic rings. The van der Waals surface area contributed by atoms with Crippen LogP contribution in [0.2, 0.25) is 0 Å². The summed E-state index contributed by atoms with van der Waals surface area (Å²) in [6.07, 6.45) is 3.42. The highest BCUT2D eigenvalue weighted by molar-refractivity contribution is 5.76. The number of aliphatic hydroxyl groups excluding tert-OH is 1. The Kier molecular flexibility index (Phi) is 4.78. The third-order valence-electron chi connectivity index (χ3n) is 2.87. The molecule has 7 heteroatoms. The molecule has 0 atom stereocenters. The maximum atomic E-state index is 12.8. The predicted octanol–water partition coefficient (Wildman–Crippen LogP) is 0.826. The quantitative estimate of drug-likeness (QED) is 0.854. The van der Waals surface area contributed by atoms with Crippen LogP contribution in [0.1, 0.15) is 17.0 Å². The lowest BCUT2D eigenvalue weighted by molar-refractivity contribution is -0.121. The molecule has 21 heavy (non-hydrogen) atoms. The number of aliphatic hydroxyl groups is 1. The van der Waals surface area contributed by atoms with Crippen molar-refractivity contribution in [3.8, 4) is 0 Å². The zero-order valence-electron chi connectivity index (χ0n) is 11.5. The number of benzene rings is 1. The van der Waals surface area contributed by atoms with Crippen molar-refractivity contribution in [3.63, 3.8) is 0 Å². The Balaban J connectivity index is 2.26. The summed E-state index contributed by atoms with van der Waals surface area (Å²) in [5.74, 6) is -0.532. The lowest BCUT2D eigenvalue weighted by Crippen LogP contribution is -2.24. The Hall–Kier alpha value is -2.54. The van der Waals surface area contributed by atoms with E-state index in [1.807, 2.05) is 0 Å². The van der Waals surface area contributed by atoms with Gasteiger partial charge in [0.05, 0.1) is 12.3 Å². The first-order valence-corrected chi connectivity index (χ1v) is 6.31. The number of carbonyl (C=O) groups is 1. The van der Waals surface area contributed by atoms with Crippen LogP contribution in [0.25, 0.3) is 12.2 Å². The third kappa shape index (κ3) is 3.73. The Bertz CT molecular complexity index is 649. The van der Waals surface area contributed by atoms with Crippen LogP contribution in [0.3, 0.4) is 0 Å². The number of nitrogens with zero attached hydrogens (tertiary/aromatic N) is 3. The van der Waals surface area contributed by atoms with Gasteiger partial charge in [-0.3, -0.25) is 4.79 Å². The van der Waals surface area contributed by atoms with Gasteiger partial charge in [-0.05, 0) is 23.8 Å². The van der Waals surface area contributed by atoms with Gasteiger partial charge < -0.3 is 10.4 Å². The van der Waals surface area contributed by atoms with E-state index in [0.29, 0.717) is 11.4 Å². The minimum Gasteiger partial charge on any atom is -0.390 e. The van der Waals surface area contributed by atoms with Crippen molar-refractivity contribution >= 4 is 18.1 Å². The molecular formula is C14H15FN4O2. The van der Waals surface area contributed by atoms with E-state index in [1.165, 1.54) is 23.9 Å². The number of amides is 1. The van der Waals surface area contributed by atoms with Crippen LogP contribution >= 0.6 is 0 Å². The van der Waals surface area contributed by atoms with E-state index in [9.17, 15) is 14.3 Å². The first kappa shape index (κ1) is 14.9. The molecule has 0 aliphatic carbocycles. The molecule has 0 spiro atoms. The van der Waals surface area contributed by atoms with Crippen LogP contribution in [0.5, 0.6) is 0 Å². The molecule has 0 radical (unpaired) electrons. The van der Waals surface area contributed by atoms with Gasteiger partial charge in [-0.1, -0.05) is 23.4 Å². The Labute approximate surface area is 120 Å². The number of hydrogen-bond acceptors (Lipinski definition) is 4. The summed E-state index contributed by atoms with van der Waals surface area (Å²) in [7, 11) is 1.53. The average molecular weight is 290 g/mol. The van der Waals surface area contributed by atoms with Gasteiger partial charge in [0.15, 0.2) is 0 Å². The lowest BCUT2D eigenvalue weighted by atomic mass is 10.2. The van der Waals surface area contributed by atoms with Crippen LogP contribution < -0.4 is 5.32 Å². The summed E-state index contributed by atoms with van der Waals surface area (Å²) < 4.78 is 14.2. The summed E-state index contributed by atoms with van der Waals surface area (Å²) in [6.45, 7) is -0.274. The molecule has 1 aromatic carbocycles. The van der Waals surface area contributed by atoms with Crippen LogP contribution in [-0.2, 0) is 17.9 Å². The Morgan fingerprint density at radius 3 is 2.71 bits per heavy atom. The minimum absolute atomic E-state index is 0.00654. The number of aromatic nitrogens is 3. The van der Waals surface area contributed by atoms with Crippen molar-refractivity contribution in [3.05, 3.63) is 47.0 Å². The van der Waals surface area contributed by atoms with E-state index < -0.39 is 0 Å². The fourth-order valence-electron chi connectivity index (χ4n) is 1.73. The topological polar surface area (TPSA) is 80.0 Å². The van der Waals surface area contributed by atoms with Crippen molar-refractivity contribution in [2.24, 2.45) is 0 Å². The van der Waals surface area contributed by atoms with Gasteiger partial charge in [-0.25, -0.2) is 9.07 Å². The normalized spacial score (nSPS) is 11.0. The minimum atomic E-state index is -0.311. The molecule has 2 N–H and O–H groups in total. The molecule has 110 valence electrons. The van der Waals surface area contributed by atoms with Gasteiger partial charge in [-0.2, -0.15) is 0 Å². The Morgan fingerprint density at radius 1 is 1.38 bits per heavy atom. The largest absolute Gasteiger partial charge is 0.390 e. The van der Waals surface area contributed by atoms with Crippen molar-refractivity contribution in [1.29, 1.82) is 0 Å². The molecule has 1 heterocycles. The maximum Gasteiger partial charge on any atom is 0.241 e. The Morgan fingerprint density at radius 2 is 2.10 bits per heavy atom. The van der Waals surface area contributed by atoms with Crippen molar-refractivity contribution in [2.45, 2.75) is 13.2 Å². The molecule has 0 aliphatic heterocycles. The van der Waals surface area contributed by atoms with Crippen LogP contribution in [0, 0.1) is 5.82 Å². The monoisotopic (exact) mass is 290 g/mol. The van der Waals surface area contributed by atoms with E-state index in [2.05, 4.69) is 15.6 Å². The van der Waals surface area contributed by atoms with Gasteiger partial charge in [0.25, 0.3) is 0 Å². The summed E-state index contributed by atoms with van der Waals surface area (Å²) in [6, 6.07) is 5.95. The highest BCUT2D eigenvalue weighted by Gasteiger charge is 2.11. The van der Waals surface area contributed by atoms with Gasteiger partial charge in [-0.15, -0.1) is 5.10 Å². The molecule has 2 rings (SSSR count). The first-order chi connectivity index (χ1) is 10.1. The van der Waals surface area contributed by atoms with Gasteiger partial charge in [0, 0.05) is 7.05 Å². The van der Waals surface area contributed by atoms with Crippen LogP contribution in [0.15, 0.2) is 24.3 Å². The van der Waals surface area contributed by atoms with Gasteiger partial charge in [0.1, 0.15) is 18.1 Å². The van der Waals surface area contributed by atoms with Crippen LogP contribution in [-0.4, -0.2) is 33.1 Å². The molecule has 0 saturated heterocycles. The zero-order valence-corrected chi connectivity index (χ0v) is 11.5. The molecule has 1 aromatic heterocycles. The SMILES string of the molecule is CNC(=O)Cn1nnc(CO)c1/C=C/c1ccc(F)cc1. The fourth-order valence-corrected chi connectivity index (χ4v) is 1.73. The summed E-state index contributed by atoms with van der Waals surface area (Å²) in [5.41, 5.74) is 1.69. The molecule has 0 fully saturated rings. The number of likely N-dealkylation sites (N-methyl/N-ethyl adjacent to an activating group) is 1. The number of hydrogen-bond donors (Lipinski definition) is 2. The summed E-state index contributed by atoms with van der Waals surface area (Å²) in [5, 5.41) is 19.4. The number of rotatable bonds is 5. The number of halogens is 1. The van der Waals surface area contributed by atoms with E-state index in [1.54, 1.807) is 24.3 Å². The maximum absolute atomic E-state index is 12.8. The lowest BCUT2D eigenvalue weighted by Gasteiger charge is -2.03. The molecule has 6 nitrogen and oxygen atoms in total. The predicted molar refractivity (Wildman–Crippen MR) is 75.3 cm³/mol. The van der Waals surface area contributed by atoms with Crippen molar-refractivity contribution in [1.82, 2.24) is 20.3 Å². The summed E-state index contributed by atoms with van der Waals surface area (Å²) in [4.78, 5) is 11.4. The fraction of sp³-hybridized carbons (Fsp3) is 0.214. The van der Waals surface area contributed by atoms with E-state index in [4.69, 9.17) is 0 Å². The standard InChI is InChI=1S/C14H15FN4O2/c1-16-14(21)8-19-13(12(9-20)17-18-19)7-4-10-2-5-11(15)6-3-10/h2-7,20H,8-9H2,1H3,(H,16,21)/b7-4+. The van der Waals surface area contributed by atoms with Crippen molar-refractivity contribution < 1.29 is 14.3 Å². The second kappa shape index (κ2) is 6.76. The van der Waals surface area contributed by atoms with E-state index in [-0.39, 0.29) is 24.9 Å². The van der Waals surface area contributed by atoms with E-state index >= 15 is 0 Å². The molecular weight excluding hydrogens is 275 g/mol. The first-order valence-electron chi connectivity index (χ1n) is 6.31. The van der Waals surface area contributed by atoms with Gasteiger partial charge in [0.2, 0.25) is 5.91 Å². The summed E-state index contributed by atoms with van der Waals surface area (Å²) >= 11 is 0. The molecule has 0 saturated carbocycles. The second-order valence-electron chi connectivity index (χ2n) is 4.30. The number of carbonyl (C=O) groups excluding carboxylic acids is 1. The molecule has 2 aromatic rings.